The lowest BCUT2D eigenvalue weighted by atomic mass is 10.0. The molecule has 29 heavy (non-hydrogen) atoms. The maximum atomic E-state index is 14.4. The summed E-state index contributed by atoms with van der Waals surface area (Å²) >= 11 is 0. The standard InChI is InChI=1S/C20H21F2N5O2/c1-3-29-20(28)17-18(23)25-27-7-6-16(24-19(17)27)26-10-11(2)8-15(26)13-9-12(21)4-5-14(13)22/h4-7,9,11,15H,3,8,10H2,1-2H3,(H2,23,25)/t11-,15+/m0/s1. The number of ether oxygens (including phenoxy) is 1. The maximum absolute atomic E-state index is 14.4. The number of rotatable bonds is 4. The summed E-state index contributed by atoms with van der Waals surface area (Å²) in [5, 5.41) is 4.11. The Kier molecular flexibility index (Phi) is 4.81. The second-order valence-electron chi connectivity index (χ2n) is 7.21. The zero-order valence-corrected chi connectivity index (χ0v) is 16.1. The van der Waals surface area contributed by atoms with Gasteiger partial charge in [-0.05, 0) is 43.5 Å². The number of esters is 1. The number of nitrogens with two attached hydrogens (primary N) is 1. The third-order valence-corrected chi connectivity index (χ3v) is 5.10. The molecular formula is C20H21F2N5O2. The summed E-state index contributed by atoms with van der Waals surface area (Å²) in [4.78, 5) is 18.8. The van der Waals surface area contributed by atoms with Crippen molar-refractivity contribution in [2.24, 2.45) is 5.92 Å². The van der Waals surface area contributed by atoms with Crippen LogP contribution in [0.5, 0.6) is 0 Å². The first-order valence-electron chi connectivity index (χ1n) is 9.42. The minimum absolute atomic E-state index is 0.0237. The molecule has 152 valence electrons. The number of hydrogen-bond acceptors (Lipinski definition) is 6. The van der Waals surface area contributed by atoms with Gasteiger partial charge in [-0.2, -0.15) is 0 Å². The van der Waals surface area contributed by atoms with Crippen molar-refractivity contribution in [1.82, 2.24) is 14.6 Å². The number of halogens is 2. The van der Waals surface area contributed by atoms with E-state index in [0.29, 0.717) is 18.8 Å². The quantitative estimate of drug-likeness (QED) is 0.675. The van der Waals surface area contributed by atoms with Crippen LogP contribution < -0.4 is 10.6 Å². The Morgan fingerprint density at radius 2 is 2.14 bits per heavy atom. The molecule has 1 saturated heterocycles. The van der Waals surface area contributed by atoms with Gasteiger partial charge in [-0.3, -0.25) is 0 Å². The number of hydrogen-bond donors (Lipinski definition) is 1. The first kappa shape index (κ1) is 19.1. The van der Waals surface area contributed by atoms with Crippen LogP contribution in [0.3, 0.4) is 0 Å². The van der Waals surface area contributed by atoms with E-state index < -0.39 is 17.6 Å². The fourth-order valence-corrected chi connectivity index (χ4v) is 3.86. The summed E-state index contributed by atoms with van der Waals surface area (Å²) in [7, 11) is 0. The van der Waals surface area contributed by atoms with Crippen molar-refractivity contribution in [2.75, 3.05) is 23.8 Å². The highest BCUT2D eigenvalue weighted by atomic mass is 19.1. The van der Waals surface area contributed by atoms with Crippen LogP contribution in [0.4, 0.5) is 20.4 Å². The molecule has 7 nitrogen and oxygen atoms in total. The smallest absolute Gasteiger partial charge is 0.345 e. The molecule has 0 unspecified atom stereocenters. The number of aromatic nitrogens is 3. The third kappa shape index (κ3) is 3.37. The summed E-state index contributed by atoms with van der Waals surface area (Å²) in [5.41, 5.74) is 6.53. The fourth-order valence-electron chi connectivity index (χ4n) is 3.86. The Hall–Kier alpha value is -3.23. The van der Waals surface area contributed by atoms with Crippen LogP contribution in [-0.4, -0.2) is 33.7 Å². The van der Waals surface area contributed by atoms with Crippen LogP contribution in [0.15, 0.2) is 30.5 Å². The average molecular weight is 401 g/mol. The van der Waals surface area contributed by atoms with E-state index >= 15 is 0 Å². The molecule has 9 heteroatoms. The molecule has 1 fully saturated rings. The van der Waals surface area contributed by atoms with E-state index in [0.717, 1.165) is 12.1 Å². The molecule has 0 spiro atoms. The summed E-state index contributed by atoms with van der Waals surface area (Å²) in [6, 6.07) is 4.81. The Balaban J connectivity index is 1.79. The average Bonchev–Trinajstić information content (AvgIpc) is 3.22. The summed E-state index contributed by atoms with van der Waals surface area (Å²) < 4.78 is 34.7. The van der Waals surface area contributed by atoms with Gasteiger partial charge in [-0.25, -0.2) is 23.1 Å². The zero-order chi connectivity index (χ0) is 20.7. The van der Waals surface area contributed by atoms with E-state index in [2.05, 4.69) is 10.1 Å². The highest BCUT2D eigenvalue weighted by molar-refractivity contribution is 6.00. The van der Waals surface area contributed by atoms with Gasteiger partial charge in [0.2, 0.25) is 0 Å². The van der Waals surface area contributed by atoms with Gasteiger partial charge in [0.05, 0.1) is 12.6 Å². The number of carbonyl (C=O) groups excluding carboxylic acids is 1. The molecule has 1 aliphatic heterocycles. The van der Waals surface area contributed by atoms with Crippen molar-refractivity contribution < 1.29 is 18.3 Å². The number of carbonyl (C=O) groups is 1. The van der Waals surface area contributed by atoms with Crippen molar-refractivity contribution in [3.05, 3.63) is 53.2 Å². The van der Waals surface area contributed by atoms with Gasteiger partial charge in [0.15, 0.2) is 11.5 Å². The van der Waals surface area contributed by atoms with Gasteiger partial charge < -0.3 is 15.4 Å². The monoisotopic (exact) mass is 401 g/mol. The van der Waals surface area contributed by atoms with Crippen molar-refractivity contribution in [2.45, 2.75) is 26.3 Å². The lowest BCUT2D eigenvalue weighted by molar-refractivity contribution is 0.0529. The molecule has 3 aromatic rings. The molecule has 0 radical (unpaired) electrons. The Labute approximate surface area is 166 Å². The largest absolute Gasteiger partial charge is 0.462 e. The summed E-state index contributed by atoms with van der Waals surface area (Å²) in [6.45, 7) is 4.55. The first-order valence-corrected chi connectivity index (χ1v) is 9.42. The highest BCUT2D eigenvalue weighted by Crippen LogP contribution is 2.39. The molecule has 0 amide bonds. The van der Waals surface area contributed by atoms with E-state index in [1.165, 1.54) is 10.6 Å². The molecule has 1 aliphatic rings. The molecule has 1 aromatic carbocycles. The zero-order valence-electron chi connectivity index (χ0n) is 16.1. The molecule has 3 heterocycles. The van der Waals surface area contributed by atoms with Gasteiger partial charge in [0.1, 0.15) is 23.0 Å². The molecule has 2 N–H and O–H groups in total. The first-order chi connectivity index (χ1) is 13.9. The van der Waals surface area contributed by atoms with Crippen molar-refractivity contribution in [3.8, 4) is 0 Å². The van der Waals surface area contributed by atoms with Crippen LogP contribution in [-0.2, 0) is 4.74 Å². The summed E-state index contributed by atoms with van der Waals surface area (Å²) in [5.74, 6) is -0.751. The number of nitrogens with zero attached hydrogens (tertiary/aromatic N) is 4. The van der Waals surface area contributed by atoms with E-state index in [4.69, 9.17) is 10.5 Å². The number of anilines is 2. The predicted molar refractivity (Wildman–Crippen MR) is 104 cm³/mol. The molecule has 2 atom stereocenters. The molecule has 4 rings (SSSR count). The van der Waals surface area contributed by atoms with Crippen molar-refractivity contribution >= 4 is 23.3 Å². The van der Waals surface area contributed by atoms with Gasteiger partial charge >= 0.3 is 5.97 Å². The maximum Gasteiger partial charge on any atom is 0.345 e. The van der Waals surface area contributed by atoms with Crippen LogP contribution in [0.25, 0.3) is 5.65 Å². The van der Waals surface area contributed by atoms with Crippen molar-refractivity contribution in [3.63, 3.8) is 0 Å². The van der Waals surface area contributed by atoms with Crippen LogP contribution >= 0.6 is 0 Å². The van der Waals surface area contributed by atoms with Crippen molar-refractivity contribution in [1.29, 1.82) is 0 Å². The topological polar surface area (TPSA) is 85.8 Å². The van der Waals surface area contributed by atoms with Gasteiger partial charge in [0, 0.05) is 18.3 Å². The fraction of sp³-hybridized carbons (Fsp3) is 0.350. The molecule has 0 aliphatic carbocycles. The van der Waals surface area contributed by atoms with Gasteiger partial charge in [-0.1, -0.05) is 6.92 Å². The molecule has 0 bridgehead atoms. The minimum atomic E-state index is -0.604. The molecule has 2 aromatic heterocycles. The third-order valence-electron chi connectivity index (χ3n) is 5.10. The lowest BCUT2D eigenvalue weighted by Crippen LogP contribution is -2.25. The van der Waals surface area contributed by atoms with E-state index in [1.54, 1.807) is 19.2 Å². The van der Waals surface area contributed by atoms with Gasteiger partial charge in [-0.15, -0.1) is 5.10 Å². The normalized spacial score (nSPS) is 19.1. The highest BCUT2D eigenvalue weighted by Gasteiger charge is 2.34. The van der Waals surface area contributed by atoms with E-state index in [1.807, 2.05) is 11.8 Å². The molecule has 0 saturated carbocycles. The second-order valence-corrected chi connectivity index (χ2v) is 7.21. The van der Waals surface area contributed by atoms with Gasteiger partial charge in [0.25, 0.3) is 0 Å². The predicted octanol–water partition coefficient (Wildman–Crippen LogP) is 3.35. The number of nitrogen functional groups attached to an aromatic ring is 1. The van der Waals surface area contributed by atoms with E-state index in [-0.39, 0.29) is 41.2 Å². The Bertz CT molecular complexity index is 1080. The second kappa shape index (κ2) is 7.31. The molecular weight excluding hydrogens is 380 g/mol. The van der Waals surface area contributed by atoms with Crippen LogP contribution in [0, 0.1) is 17.6 Å². The summed E-state index contributed by atoms with van der Waals surface area (Å²) in [6.07, 6.45) is 2.29. The van der Waals surface area contributed by atoms with Crippen LogP contribution in [0.2, 0.25) is 0 Å². The number of fused-ring (bicyclic) bond motifs is 1. The van der Waals surface area contributed by atoms with E-state index in [9.17, 15) is 13.6 Å². The lowest BCUT2D eigenvalue weighted by Gasteiger charge is -2.26. The minimum Gasteiger partial charge on any atom is -0.462 e. The SMILES string of the molecule is CCOC(=O)c1c(N)nn2ccc(N3C[C@@H](C)C[C@@H]3c3cc(F)ccc3F)nc12. The van der Waals surface area contributed by atoms with Crippen LogP contribution in [0.1, 0.15) is 42.2 Å². The Morgan fingerprint density at radius 1 is 1.34 bits per heavy atom. The number of benzene rings is 1. The Morgan fingerprint density at radius 3 is 2.90 bits per heavy atom.